The number of likely N-dealkylation sites (N-methyl/N-ethyl adjacent to an activating group) is 1. The van der Waals surface area contributed by atoms with Gasteiger partial charge in [0.2, 0.25) is 5.91 Å². The Bertz CT molecular complexity index is 261. The molecule has 4 heteroatoms. The third-order valence-corrected chi connectivity index (χ3v) is 3.90. The summed E-state index contributed by atoms with van der Waals surface area (Å²) in [5.41, 5.74) is 0. The van der Waals surface area contributed by atoms with Crippen LogP contribution < -0.4 is 5.32 Å². The van der Waals surface area contributed by atoms with Crippen LogP contribution in [0.4, 0.5) is 0 Å². The molecule has 104 valence electrons. The summed E-state index contributed by atoms with van der Waals surface area (Å²) in [6.45, 7) is 4.96. The van der Waals surface area contributed by atoms with Crippen molar-refractivity contribution in [1.82, 2.24) is 10.2 Å². The zero-order chi connectivity index (χ0) is 12.8. The first kappa shape index (κ1) is 13.8. The van der Waals surface area contributed by atoms with Crippen LogP contribution in [0.15, 0.2) is 0 Å². The molecule has 1 saturated heterocycles. The Kier molecular flexibility index (Phi) is 5.45. The predicted octanol–water partition coefficient (Wildman–Crippen LogP) is 1.55. The van der Waals surface area contributed by atoms with E-state index in [4.69, 9.17) is 4.74 Å². The number of piperidine rings is 1. The minimum Gasteiger partial charge on any atom is -0.372 e. The average Bonchev–Trinajstić information content (AvgIpc) is 3.21. The Balaban J connectivity index is 1.55. The van der Waals surface area contributed by atoms with Gasteiger partial charge < -0.3 is 15.0 Å². The van der Waals surface area contributed by atoms with Gasteiger partial charge in [0, 0.05) is 25.2 Å². The molecule has 0 aromatic heterocycles. The number of nitrogens with one attached hydrogen (secondary N) is 1. The molecule has 0 aromatic rings. The summed E-state index contributed by atoms with van der Waals surface area (Å²) in [5, 5.41) is 3.49. The maximum Gasteiger partial charge on any atom is 0.248 e. The number of carbonyl (C=O) groups excluding carboxylic acids is 1. The van der Waals surface area contributed by atoms with Gasteiger partial charge in [0.15, 0.2) is 0 Å². The van der Waals surface area contributed by atoms with E-state index in [0.29, 0.717) is 18.7 Å². The smallest absolute Gasteiger partial charge is 0.248 e. The van der Waals surface area contributed by atoms with Crippen LogP contribution in [0.1, 0.15) is 45.4 Å². The van der Waals surface area contributed by atoms with Crippen molar-refractivity contribution in [3.05, 3.63) is 0 Å². The molecule has 4 nitrogen and oxygen atoms in total. The molecule has 18 heavy (non-hydrogen) atoms. The fourth-order valence-electron chi connectivity index (χ4n) is 2.66. The van der Waals surface area contributed by atoms with Gasteiger partial charge in [-0.25, -0.2) is 0 Å². The quantitative estimate of drug-likeness (QED) is 0.701. The van der Waals surface area contributed by atoms with Crippen LogP contribution in [0.2, 0.25) is 0 Å². The van der Waals surface area contributed by atoms with Gasteiger partial charge in [-0.1, -0.05) is 6.42 Å². The van der Waals surface area contributed by atoms with Gasteiger partial charge in [-0.3, -0.25) is 4.79 Å². The fourth-order valence-corrected chi connectivity index (χ4v) is 2.66. The summed E-state index contributed by atoms with van der Waals surface area (Å²) >= 11 is 0. The number of hydrogen-bond acceptors (Lipinski definition) is 3. The highest BCUT2D eigenvalue weighted by molar-refractivity contribution is 5.78. The van der Waals surface area contributed by atoms with Crippen molar-refractivity contribution < 1.29 is 9.53 Å². The highest BCUT2D eigenvalue weighted by Crippen LogP contribution is 2.26. The van der Waals surface area contributed by atoms with Crippen LogP contribution in [0.3, 0.4) is 0 Å². The molecule has 1 unspecified atom stereocenters. The standard InChI is InChI=1S/C14H26N2O2/c1-2-16(13-6-7-13)14(17)11-18-10-8-12-5-3-4-9-15-12/h12-13,15H,2-11H2,1H3. The molecule has 1 amide bonds. The Morgan fingerprint density at radius 3 is 2.78 bits per heavy atom. The summed E-state index contributed by atoms with van der Waals surface area (Å²) in [6.07, 6.45) is 7.24. The second-order valence-electron chi connectivity index (χ2n) is 5.40. The third kappa shape index (κ3) is 4.25. The summed E-state index contributed by atoms with van der Waals surface area (Å²) in [5.74, 6) is 0.164. The second kappa shape index (κ2) is 7.10. The summed E-state index contributed by atoms with van der Waals surface area (Å²) < 4.78 is 5.53. The molecule has 1 aliphatic heterocycles. The Morgan fingerprint density at radius 1 is 1.33 bits per heavy atom. The lowest BCUT2D eigenvalue weighted by Gasteiger charge is -2.24. The molecule has 2 rings (SSSR count). The monoisotopic (exact) mass is 254 g/mol. The Morgan fingerprint density at radius 2 is 2.17 bits per heavy atom. The van der Waals surface area contributed by atoms with Crippen molar-refractivity contribution >= 4 is 5.91 Å². The first-order chi connectivity index (χ1) is 8.81. The predicted molar refractivity (Wildman–Crippen MR) is 71.5 cm³/mol. The van der Waals surface area contributed by atoms with Crippen molar-refractivity contribution in [1.29, 1.82) is 0 Å². The molecule has 0 spiro atoms. The zero-order valence-electron chi connectivity index (χ0n) is 11.5. The largest absolute Gasteiger partial charge is 0.372 e. The lowest BCUT2D eigenvalue weighted by Crippen LogP contribution is -2.37. The normalized spacial score (nSPS) is 23.9. The van der Waals surface area contributed by atoms with Crippen molar-refractivity contribution in [3.8, 4) is 0 Å². The number of hydrogen-bond donors (Lipinski definition) is 1. The topological polar surface area (TPSA) is 41.6 Å². The number of ether oxygens (including phenoxy) is 1. The number of carbonyl (C=O) groups is 1. The summed E-state index contributed by atoms with van der Waals surface area (Å²) in [6, 6.07) is 1.10. The van der Waals surface area contributed by atoms with Gasteiger partial charge in [-0.2, -0.15) is 0 Å². The van der Waals surface area contributed by atoms with Crippen molar-refractivity contribution in [2.45, 2.75) is 57.5 Å². The number of amides is 1. The van der Waals surface area contributed by atoms with E-state index in [2.05, 4.69) is 5.32 Å². The minimum atomic E-state index is 0.164. The van der Waals surface area contributed by atoms with Crippen LogP contribution in [-0.2, 0) is 9.53 Å². The van der Waals surface area contributed by atoms with Crippen LogP contribution >= 0.6 is 0 Å². The summed E-state index contributed by atoms with van der Waals surface area (Å²) in [7, 11) is 0. The first-order valence-electron chi connectivity index (χ1n) is 7.42. The minimum absolute atomic E-state index is 0.164. The van der Waals surface area contributed by atoms with Crippen LogP contribution in [0, 0.1) is 0 Å². The average molecular weight is 254 g/mol. The van der Waals surface area contributed by atoms with Crippen LogP contribution in [0.5, 0.6) is 0 Å². The fraction of sp³-hybridized carbons (Fsp3) is 0.929. The van der Waals surface area contributed by atoms with Crippen LogP contribution in [0.25, 0.3) is 0 Å². The van der Waals surface area contributed by atoms with Crippen molar-refractivity contribution in [3.63, 3.8) is 0 Å². The van der Waals surface area contributed by atoms with Crippen molar-refractivity contribution in [2.24, 2.45) is 0 Å². The van der Waals surface area contributed by atoms with Gasteiger partial charge in [0.05, 0.1) is 0 Å². The van der Waals surface area contributed by atoms with E-state index in [9.17, 15) is 4.79 Å². The molecule has 1 aliphatic carbocycles. The highest BCUT2D eigenvalue weighted by Gasteiger charge is 2.31. The molecule has 0 aromatic carbocycles. The SMILES string of the molecule is CCN(C(=O)COCCC1CCCCN1)C1CC1. The maximum atomic E-state index is 11.9. The number of rotatable bonds is 7. The van der Waals surface area contributed by atoms with E-state index in [1.807, 2.05) is 11.8 Å². The van der Waals surface area contributed by atoms with Crippen LogP contribution in [-0.4, -0.2) is 49.2 Å². The first-order valence-corrected chi connectivity index (χ1v) is 7.42. The highest BCUT2D eigenvalue weighted by atomic mass is 16.5. The molecule has 2 aliphatic rings. The Labute approximate surface area is 110 Å². The van der Waals surface area contributed by atoms with Gasteiger partial charge >= 0.3 is 0 Å². The van der Waals surface area contributed by atoms with Gasteiger partial charge in [-0.05, 0) is 45.6 Å². The molecule has 2 fully saturated rings. The van der Waals surface area contributed by atoms with Gasteiger partial charge in [0.25, 0.3) is 0 Å². The van der Waals surface area contributed by atoms with Crippen molar-refractivity contribution in [2.75, 3.05) is 26.3 Å². The molecule has 1 N–H and O–H groups in total. The third-order valence-electron chi connectivity index (χ3n) is 3.90. The molecule has 1 atom stereocenters. The van der Waals surface area contributed by atoms with Gasteiger partial charge in [-0.15, -0.1) is 0 Å². The lowest BCUT2D eigenvalue weighted by atomic mass is 10.0. The molecule has 0 bridgehead atoms. The molecule has 1 heterocycles. The van der Waals surface area contributed by atoms with E-state index in [1.165, 1.54) is 32.1 Å². The molecular weight excluding hydrogens is 228 g/mol. The molecule has 1 saturated carbocycles. The van der Waals surface area contributed by atoms with E-state index < -0.39 is 0 Å². The lowest BCUT2D eigenvalue weighted by molar-refractivity contribution is -0.136. The summed E-state index contributed by atoms with van der Waals surface area (Å²) in [4.78, 5) is 13.8. The second-order valence-corrected chi connectivity index (χ2v) is 5.40. The van der Waals surface area contributed by atoms with E-state index in [0.717, 1.165) is 19.5 Å². The van der Waals surface area contributed by atoms with E-state index >= 15 is 0 Å². The molecule has 0 radical (unpaired) electrons. The van der Waals surface area contributed by atoms with E-state index in [-0.39, 0.29) is 12.5 Å². The number of nitrogens with zero attached hydrogens (tertiary/aromatic N) is 1. The van der Waals surface area contributed by atoms with E-state index in [1.54, 1.807) is 0 Å². The zero-order valence-corrected chi connectivity index (χ0v) is 11.5. The van der Waals surface area contributed by atoms with Gasteiger partial charge in [0.1, 0.15) is 6.61 Å². The maximum absolute atomic E-state index is 11.9. The Hall–Kier alpha value is -0.610. The molecular formula is C14H26N2O2.